The predicted molar refractivity (Wildman–Crippen MR) is 79.3 cm³/mol. The number of ether oxygens (including phenoxy) is 1. The van der Waals surface area contributed by atoms with Crippen molar-refractivity contribution in [3.8, 4) is 11.8 Å². The van der Waals surface area contributed by atoms with Crippen LogP contribution in [-0.2, 0) is 6.42 Å². The van der Waals surface area contributed by atoms with Gasteiger partial charge in [0.15, 0.2) is 0 Å². The molecule has 0 radical (unpaired) electrons. The molecule has 0 unspecified atom stereocenters. The van der Waals surface area contributed by atoms with E-state index in [1.54, 1.807) is 6.92 Å². The van der Waals surface area contributed by atoms with Crippen molar-refractivity contribution in [1.29, 1.82) is 5.26 Å². The van der Waals surface area contributed by atoms with Gasteiger partial charge in [0.25, 0.3) is 5.92 Å². The second-order valence-corrected chi connectivity index (χ2v) is 7.77. The number of aliphatic hydroxyl groups is 1. The van der Waals surface area contributed by atoms with Crippen LogP contribution < -0.4 is 4.74 Å². The van der Waals surface area contributed by atoms with E-state index in [9.17, 15) is 27.1 Å². The van der Waals surface area contributed by atoms with Crippen LogP contribution in [0.5, 0.6) is 5.75 Å². The molecule has 1 aromatic carbocycles. The monoisotopic (exact) mass is 379 g/mol. The molecule has 0 spiro atoms. The molecule has 0 saturated heterocycles. The van der Waals surface area contributed by atoms with Gasteiger partial charge in [0.05, 0.1) is 11.5 Å². The van der Waals surface area contributed by atoms with Crippen LogP contribution in [0.1, 0.15) is 37.0 Å². The molecule has 0 heterocycles. The van der Waals surface area contributed by atoms with Gasteiger partial charge in [-0.25, -0.2) is 8.78 Å². The van der Waals surface area contributed by atoms with Gasteiger partial charge in [-0.05, 0) is 30.8 Å². The molecule has 9 heteroatoms. The lowest BCUT2D eigenvalue weighted by Crippen LogP contribution is -2.41. The van der Waals surface area contributed by atoms with Crippen molar-refractivity contribution in [2.45, 2.75) is 54.7 Å². The van der Waals surface area contributed by atoms with E-state index < -0.39 is 51.6 Å². The second-order valence-electron chi connectivity index (χ2n) is 6.66. The number of halogens is 5. The Hall–Kier alpha value is -1.53. The minimum absolute atomic E-state index is 0.0442. The molecular weight excluding hydrogens is 365 g/mol. The Labute approximate surface area is 144 Å². The minimum Gasteiger partial charge on any atom is -0.490 e. The van der Waals surface area contributed by atoms with Crippen LogP contribution in [0.4, 0.5) is 22.0 Å². The topological polar surface area (TPSA) is 53.2 Å². The molecule has 1 N–H and O–H groups in total. The Bertz CT molecular complexity index is 737. The highest BCUT2D eigenvalue weighted by Gasteiger charge is 2.51. The molecule has 136 valence electrons. The molecule has 3 rings (SSSR count). The summed E-state index contributed by atoms with van der Waals surface area (Å²) >= 11 is -0.531. The zero-order valence-electron chi connectivity index (χ0n) is 13.0. The Kier molecular flexibility index (Phi) is 4.20. The highest BCUT2D eigenvalue weighted by molar-refractivity contribution is 8.00. The summed E-state index contributed by atoms with van der Waals surface area (Å²) in [5.41, 5.74) is -5.72. The summed E-state index contributed by atoms with van der Waals surface area (Å²) in [5.74, 6) is -3.51. The standard InChI is InChI=1S/C16H14F5NO2S/c1-14(7-22)4-8(5-14)24-10-2-3-11(25-16(19,20)21)12-9(10)6-15(17,18)13(12)23/h2-3,8,13,23H,4-6H2,1H3/t8?,13-,14?/m1/s1. The van der Waals surface area contributed by atoms with E-state index in [4.69, 9.17) is 10.00 Å². The normalized spacial score (nSPS) is 30.3. The second kappa shape index (κ2) is 5.74. The van der Waals surface area contributed by atoms with Gasteiger partial charge in [-0.2, -0.15) is 18.4 Å². The minimum atomic E-state index is -4.66. The third-order valence-electron chi connectivity index (χ3n) is 4.51. The van der Waals surface area contributed by atoms with E-state index in [0.29, 0.717) is 12.8 Å². The van der Waals surface area contributed by atoms with Gasteiger partial charge in [0, 0.05) is 35.3 Å². The first-order valence-electron chi connectivity index (χ1n) is 7.49. The number of hydrogen-bond donors (Lipinski definition) is 1. The van der Waals surface area contributed by atoms with Crippen LogP contribution in [0, 0.1) is 16.7 Å². The zero-order valence-corrected chi connectivity index (χ0v) is 13.8. The van der Waals surface area contributed by atoms with Gasteiger partial charge in [-0.1, -0.05) is 0 Å². The first-order chi connectivity index (χ1) is 11.4. The molecule has 2 aliphatic rings. The number of fused-ring (bicyclic) bond motifs is 1. The van der Waals surface area contributed by atoms with Crippen molar-refractivity contribution < 1.29 is 31.8 Å². The highest BCUT2D eigenvalue weighted by atomic mass is 32.2. The zero-order chi connectivity index (χ0) is 18.6. The maximum Gasteiger partial charge on any atom is 0.446 e. The molecule has 1 fully saturated rings. The molecule has 1 atom stereocenters. The van der Waals surface area contributed by atoms with E-state index in [1.807, 2.05) is 0 Å². The van der Waals surface area contributed by atoms with E-state index >= 15 is 0 Å². The van der Waals surface area contributed by atoms with Crippen molar-refractivity contribution in [3.05, 3.63) is 23.3 Å². The number of thioether (sulfide) groups is 1. The van der Waals surface area contributed by atoms with Crippen LogP contribution in [0.3, 0.4) is 0 Å². The van der Waals surface area contributed by atoms with Crippen LogP contribution >= 0.6 is 11.8 Å². The molecule has 1 aromatic rings. The first-order valence-corrected chi connectivity index (χ1v) is 8.31. The molecule has 0 aromatic heterocycles. The molecule has 0 aliphatic heterocycles. The number of hydrogen-bond acceptors (Lipinski definition) is 4. The number of benzene rings is 1. The Morgan fingerprint density at radius 1 is 1.32 bits per heavy atom. The van der Waals surface area contributed by atoms with Gasteiger partial charge in [-0.3, -0.25) is 0 Å². The van der Waals surface area contributed by atoms with Gasteiger partial charge in [0.2, 0.25) is 0 Å². The average molecular weight is 379 g/mol. The Morgan fingerprint density at radius 2 is 1.96 bits per heavy atom. The lowest BCUT2D eigenvalue weighted by Gasteiger charge is -2.39. The predicted octanol–water partition coefficient (Wildman–Crippen LogP) is 4.59. The summed E-state index contributed by atoms with van der Waals surface area (Å²) < 4.78 is 71.4. The van der Waals surface area contributed by atoms with Crippen LogP contribution in [-0.4, -0.2) is 22.6 Å². The number of rotatable bonds is 3. The summed E-state index contributed by atoms with van der Waals surface area (Å²) in [4.78, 5) is -0.449. The average Bonchev–Trinajstić information content (AvgIpc) is 2.69. The molecule has 2 aliphatic carbocycles. The van der Waals surface area contributed by atoms with Crippen molar-refractivity contribution in [2.24, 2.45) is 5.41 Å². The number of aliphatic hydroxyl groups excluding tert-OH is 1. The highest BCUT2D eigenvalue weighted by Crippen LogP contribution is 2.53. The quantitative estimate of drug-likeness (QED) is 0.616. The fourth-order valence-corrected chi connectivity index (χ4v) is 4.00. The van der Waals surface area contributed by atoms with Gasteiger partial charge in [0.1, 0.15) is 18.0 Å². The van der Waals surface area contributed by atoms with E-state index in [2.05, 4.69) is 6.07 Å². The van der Waals surface area contributed by atoms with Gasteiger partial charge < -0.3 is 9.84 Å². The first kappa shape index (κ1) is 18.3. The Balaban J connectivity index is 1.91. The number of nitrogens with zero attached hydrogens (tertiary/aromatic N) is 1. The SMILES string of the molecule is CC1(C#N)CC(Oc2ccc(SC(F)(F)F)c3c2CC(F)(F)[C@@H]3O)C1. The van der Waals surface area contributed by atoms with E-state index in [0.717, 1.165) is 6.07 Å². The third kappa shape index (κ3) is 3.42. The van der Waals surface area contributed by atoms with E-state index in [1.165, 1.54) is 6.07 Å². The molecule has 0 amide bonds. The summed E-state index contributed by atoms with van der Waals surface area (Å²) in [5, 5.41) is 18.8. The van der Waals surface area contributed by atoms with Gasteiger partial charge in [-0.15, -0.1) is 0 Å². The fourth-order valence-electron chi connectivity index (χ4n) is 3.27. The lowest BCUT2D eigenvalue weighted by molar-refractivity contribution is -0.0978. The van der Waals surface area contributed by atoms with E-state index in [-0.39, 0.29) is 17.4 Å². The summed E-state index contributed by atoms with van der Waals surface area (Å²) in [6.45, 7) is 1.75. The summed E-state index contributed by atoms with van der Waals surface area (Å²) in [7, 11) is 0. The largest absolute Gasteiger partial charge is 0.490 e. The summed E-state index contributed by atoms with van der Waals surface area (Å²) in [6.07, 6.45) is -2.72. The smallest absolute Gasteiger partial charge is 0.446 e. The van der Waals surface area contributed by atoms with Crippen LogP contribution in [0.2, 0.25) is 0 Å². The molecular formula is C16H14F5NO2S. The number of alkyl halides is 5. The molecule has 25 heavy (non-hydrogen) atoms. The van der Waals surface area contributed by atoms with Crippen LogP contribution in [0.15, 0.2) is 17.0 Å². The third-order valence-corrected chi connectivity index (χ3v) is 5.31. The maximum absolute atomic E-state index is 13.9. The molecule has 3 nitrogen and oxygen atoms in total. The van der Waals surface area contributed by atoms with Crippen molar-refractivity contribution in [2.75, 3.05) is 0 Å². The Morgan fingerprint density at radius 3 is 2.52 bits per heavy atom. The lowest BCUT2D eigenvalue weighted by atomic mass is 9.69. The maximum atomic E-state index is 13.9. The van der Waals surface area contributed by atoms with Crippen molar-refractivity contribution in [1.82, 2.24) is 0 Å². The van der Waals surface area contributed by atoms with Crippen LogP contribution in [0.25, 0.3) is 0 Å². The van der Waals surface area contributed by atoms with Gasteiger partial charge >= 0.3 is 5.51 Å². The molecule has 0 bridgehead atoms. The summed E-state index contributed by atoms with van der Waals surface area (Å²) in [6, 6.07) is 4.40. The molecule has 1 saturated carbocycles. The van der Waals surface area contributed by atoms with Crippen molar-refractivity contribution >= 4 is 11.8 Å². The number of nitriles is 1. The fraction of sp³-hybridized carbons (Fsp3) is 0.562. The van der Waals surface area contributed by atoms with Crippen molar-refractivity contribution in [3.63, 3.8) is 0 Å².